The average molecular weight is 184 g/mol. The minimum atomic E-state index is -0.802. The standard InChI is InChI=1S/C10H16O3/c11-8-5-4-6-2-1-3-7(6)9(8)10(12)13/h6-9,11H,1-5H2,(H,12,13)/t6-,7+,8-,9+/m1/s1. The second-order valence-electron chi connectivity index (χ2n) is 4.36. The van der Waals surface area contributed by atoms with Crippen molar-refractivity contribution in [2.75, 3.05) is 0 Å². The lowest BCUT2D eigenvalue weighted by atomic mass is 9.72. The van der Waals surface area contributed by atoms with Crippen LogP contribution < -0.4 is 0 Å². The largest absolute Gasteiger partial charge is 0.481 e. The van der Waals surface area contributed by atoms with Gasteiger partial charge in [0.2, 0.25) is 0 Å². The number of fused-ring (bicyclic) bond motifs is 1. The van der Waals surface area contributed by atoms with Crippen molar-refractivity contribution in [3.8, 4) is 0 Å². The zero-order valence-corrected chi connectivity index (χ0v) is 7.65. The average Bonchev–Trinajstić information content (AvgIpc) is 2.50. The Morgan fingerprint density at radius 2 is 1.92 bits per heavy atom. The molecule has 0 aromatic heterocycles. The Morgan fingerprint density at radius 1 is 1.15 bits per heavy atom. The molecule has 0 aromatic rings. The summed E-state index contributed by atoms with van der Waals surface area (Å²) in [5, 5.41) is 18.6. The molecule has 3 heteroatoms. The predicted octanol–water partition coefficient (Wildman–Crippen LogP) is 1.26. The molecule has 0 amide bonds. The number of hydrogen-bond donors (Lipinski definition) is 2. The molecular weight excluding hydrogens is 168 g/mol. The molecule has 0 aromatic carbocycles. The molecule has 0 bridgehead atoms. The fourth-order valence-electron chi connectivity index (χ4n) is 3.09. The Hall–Kier alpha value is -0.570. The zero-order valence-electron chi connectivity index (χ0n) is 7.65. The summed E-state index contributed by atoms with van der Waals surface area (Å²) in [6.07, 6.45) is 4.41. The number of aliphatic hydroxyl groups excluding tert-OH is 1. The highest BCUT2D eigenvalue weighted by Gasteiger charge is 2.44. The van der Waals surface area contributed by atoms with E-state index in [2.05, 4.69) is 0 Å². The molecule has 0 heterocycles. The van der Waals surface area contributed by atoms with Gasteiger partial charge in [0.05, 0.1) is 12.0 Å². The van der Waals surface area contributed by atoms with Crippen molar-refractivity contribution in [2.24, 2.45) is 17.8 Å². The van der Waals surface area contributed by atoms with E-state index < -0.39 is 18.0 Å². The predicted molar refractivity (Wildman–Crippen MR) is 47.2 cm³/mol. The second kappa shape index (κ2) is 3.29. The van der Waals surface area contributed by atoms with Crippen LogP contribution in [0.5, 0.6) is 0 Å². The van der Waals surface area contributed by atoms with Gasteiger partial charge in [-0.25, -0.2) is 0 Å². The smallest absolute Gasteiger partial charge is 0.309 e. The number of carboxylic acid groups (broad SMARTS) is 1. The molecule has 0 spiro atoms. The van der Waals surface area contributed by atoms with Gasteiger partial charge in [0.1, 0.15) is 0 Å². The molecular formula is C10H16O3. The van der Waals surface area contributed by atoms with Gasteiger partial charge in [0, 0.05) is 0 Å². The normalized spacial score (nSPS) is 44.4. The van der Waals surface area contributed by atoms with Gasteiger partial charge in [0.15, 0.2) is 0 Å². The lowest BCUT2D eigenvalue weighted by Crippen LogP contribution is -2.40. The SMILES string of the molecule is O=C(O)[C@H]1[C@H]2CCC[C@@H]2CC[C@H]1O. The van der Waals surface area contributed by atoms with Crippen LogP contribution in [0.1, 0.15) is 32.1 Å². The molecule has 0 aliphatic heterocycles. The van der Waals surface area contributed by atoms with Crippen LogP contribution >= 0.6 is 0 Å². The van der Waals surface area contributed by atoms with Crippen molar-refractivity contribution in [1.29, 1.82) is 0 Å². The summed E-state index contributed by atoms with van der Waals surface area (Å²) < 4.78 is 0. The van der Waals surface area contributed by atoms with Gasteiger partial charge in [0.25, 0.3) is 0 Å². The van der Waals surface area contributed by atoms with Gasteiger partial charge in [-0.2, -0.15) is 0 Å². The van der Waals surface area contributed by atoms with E-state index >= 15 is 0 Å². The Balaban J connectivity index is 2.15. The van der Waals surface area contributed by atoms with Crippen LogP contribution in [-0.4, -0.2) is 22.3 Å². The van der Waals surface area contributed by atoms with Crippen LogP contribution in [0.15, 0.2) is 0 Å². The van der Waals surface area contributed by atoms with E-state index in [4.69, 9.17) is 5.11 Å². The van der Waals surface area contributed by atoms with Crippen molar-refractivity contribution >= 4 is 5.97 Å². The topological polar surface area (TPSA) is 57.5 Å². The monoisotopic (exact) mass is 184 g/mol. The van der Waals surface area contributed by atoms with Crippen LogP contribution in [0.25, 0.3) is 0 Å². The van der Waals surface area contributed by atoms with Gasteiger partial charge in [-0.15, -0.1) is 0 Å². The van der Waals surface area contributed by atoms with Gasteiger partial charge < -0.3 is 10.2 Å². The summed E-state index contributed by atoms with van der Waals surface area (Å²) in [7, 11) is 0. The quantitative estimate of drug-likeness (QED) is 0.645. The fourth-order valence-corrected chi connectivity index (χ4v) is 3.09. The van der Waals surface area contributed by atoms with Gasteiger partial charge in [-0.1, -0.05) is 12.8 Å². The Morgan fingerprint density at radius 3 is 2.62 bits per heavy atom. The molecule has 0 unspecified atom stereocenters. The first kappa shape index (κ1) is 9.00. The third kappa shape index (κ3) is 1.46. The van der Waals surface area contributed by atoms with Gasteiger partial charge in [-0.3, -0.25) is 4.79 Å². The third-order valence-corrected chi connectivity index (χ3v) is 3.71. The molecule has 3 nitrogen and oxygen atoms in total. The van der Waals surface area contributed by atoms with Crippen LogP contribution in [0.2, 0.25) is 0 Å². The van der Waals surface area contributed by atoms with E-state index in [1.54, 1.807) is 0 Å². The Kier molecular flexibility index (Phi) is 2.28. The van der Waals surface area contributed by atoms with Crippen LogP contribution in [0.3, 0.4) is 0 Å². The van der Waals surface area contributed by atoms with Crippen molar-refractivity contribution in [1.82, 2.24) is 0 Å². The molecule has 0 radical (unpaired) electrons. The highest BCUT2D eigenvalue weighted by molar-refractivity contribution is 5.71. The van der Waals surface area contributed by atoms with Crippen molar-refractivity contribution in [3.05, 3.63) is 0 Å². The summed E-state index contributed by atoms with van der Waals surface area (Å²) in [5.74, 6) is -0.462. The number of aliphatic carboxylic acids is 1. The zero-order chi connectivity index (χ0) is 9.42. The molecule has 2 saturated carbocycles. The van der Waals surface area contributed by atoms with Gasteiger partial charge in [-0.05, 0) is 31.1 Å². The van der Waals surface area contributed by atoms with Crippen LogP contribution in [0, 0.1) is 17.8 Å². The van der Waals surface area contributed by atoms with Crippen molar-refractivity contribution in [2.45, 2.75) is 38.2 Å². The minimum absolute atomic E-state index is 0.251. The third-order valence-electron chi connectivity index (χ3n) is 3.71. The number of hydrogen-bond acceptors (Lipinski definition) is 2. The lowest BCUT2D eigenvalue weighted by molar-refractivity contribution is -0.151. The first-order valence-corrected chi connectivity index (χ1v) is 5.11. The molecule has 2 aliphatic carbocycles. The molecule has 13 heavy (non-hydrogen) atoms. The Bertz CT molecular complexity index is 214. The second-order valence-corrected chi connectivity index (χ2v) is 4.36. The number of carbonyl (C=O) groups is 1. The maximum absolute atomic E-state index is 10.9. The number of rotatable bonds is 1. The fraction of sp³-hybridized carbons (Fsp3) is 0.900. The van der Waals surface area contributed by atoms with E-state index in [9.17, 15) is 9.90 Å². The summed E-state index contributed by atoms with van der Waals surface area (Å²) in [6, 6.07) is 0. The molecule has 2 N–H and O–H groups in total. The molecule has 2 aliphatic rings. The minimum Gasteiger partial charge on any atom is -0.481 e. The summed E-state index contributed by atoms with van der Waals surface area (Å²) in [5.41, 5.74) is 0. The molecule has 2 fully saturated rings. The summed E-state index contributed by atoms with van der Waals surface area (Å²) >= 11 is 0. The molecule has 2 rings (SSSR count). The summed E-state index contributed by atoms with van der Waals surface area (Å²) in [6.45, 7) is 0. The Labute approximate surface area is 77.8 Å². The van der Waals surface area contributed by atoms with Crippen molar-refractivity contribution in [3.63, 3.8) is 0 Å². The molecule has 0 saturated heterocycles. The first-order chi connectivity index (χ1) is 6.20. The van der Waals surface area contributed by atoms with Crippen molar-refractivity contribution < 1.29 is 15.0 Å². The van der Waals surface area contributed by atoms with E-state index in [0.29, 0.717) is 12.3 Å². The lowest BCUT2D eigenvalue weighted by Gasteiger charge is -2.34. The van der Waals surface area contributed by atoms with E-state index in [1.807, 2.05) is 0 Å². The summed E-state index contributed by atoms with van der Waals surface area (Å²) in [4.78, 5) is 10.9. The van der Waals surface area contributed by atoms with Crippen LogP contribution in [-0.2, 0) is 4.79 Å². The maximum Gasteiger partial charge on any atom is 0.309 e. The van der Waals surface area contributed by atoms with Gasteiger partial charge >= 0.3 is 5.97 Å². The highest BCUT2D eigenvalue weighted by Crippen LogP contribution is 2.45. The van der Waals surface area contributed by atoms with E-state index in [-0.39, 0.29) is 5.92 Å². The molecule has 74 valence electrons. The maximum atomic E-state index is 10.9. The van der Waals surface area contributed by atoms with E-state index in [1.165, 1.54) is 6.42 Å². The highest BCUT2D eigenvalue weighted by atomic mass is 16.4. The first-order valence-electron chi connectivity index (χ1n) is 5.11. The number of aliphatic hydroxyl groups is 1. The van der Waals surface area contributed by atoms with Crippen LogP contribution in [0.4, 0.5) is 0 Å². The number of carboxylic acids is 1. The molecule has 4 atom stereocenters. The van der Waals surface area contributed by atoms with E-state index in [0.717, 1.165) is 19.3 Å².